The Morgan fingerprint density at radius 2 is 2.25 bits per heavy atom. The van der Waals surface area contributed by atoms with Crippen molar-refractivity contribution in [2.24, 2.45) is 0 Å². The smallest absolute Gasteiger partial charge is 0.335 e. The van der Waals surface area contributed by atoms with Crippen LogP contribution in [-0.2, 0) is 11.3 Å². The highest BCUT2D eigenvalue weighted by atomic mass is 32.2. The topological polar surface area (TPSA) is 79.3 Å². The molecule has 5 nitrogen and oxygen atoms in total. The number of aromatic nitrogens is 1. The molecule has 2 aromatic rings. The predicted molar refractivity (Wildman–Crippen MR) is 78.1 cm³/mol. The maximum atomic E-state index is 11.7. The van der Waals surface area contributed by atoms with Crippen molar-refractivity contribution >= 4 is 35.0 Å². The third-order valence-electron chi connectivity index (χ3n) is 2.37. The Kier molecular flexibility index (Phi) is 5.14. The number of rotatable bonds is 6. The van der Waals surface area contributed by atoms with E-state index in [4.69, 9.17) is 5.11 Å². The van der Waals surface area contributed by atoms with Crippen LogP contribution >= 0.6 is 23.1 Å². The number of hydrogen-bond donors (Lipinski definition) is 2. The molecule has 0 aliphatic carbocycles. The fraction of sp³-hybridized carbons (Fsp3) is 0.154. The maximum Gasteiger partial charge on any atom is 0.335 e. The van der Waals surface area contributed by atoms with Gasteiger partial charge < -0.3 is 10.4 Å². The average molecular weight is 308 g/mol. The normalized spacial score (nSPS) is 10.2. The Labute approximate surface area is 124 Å². The van der Waals surface area contributed by atoms with Crippen LogP contribution in [0.2, 0.25) is 0 Å². The highest BCUT2D eigenvalue weighted by Gasteiger charge is 2.06. The maximum absolute atomic E-state index is 11.7. The molecule has 0 atom stereocenters. The van der Waals surface area contributed by atoms with Crippen LogP contribution in [0, 0.1) is 0 Å². The second kappa shape index (κ2) is 7.06. The first-order valence-electron chi connectivity index (χ1n) is 5.76. The molecule has 0 aliphatic heterocycles. The number of carboxylic acids is 1. The molecule has 0 fully saturated rings. The standard InChI is InChI=1S/C13H12N2O3S2/c16-11(8-20-12-2-1-5-19-12)15-7-10-6-9(13(17)18)3-4-14-10/h1-6H,7-8H2,(H,15,16)(H,17,18). The van der Waals surface area contributed by atoms with Gasteiger partial charge in [0.25, 0.3) is 0 Å². The zero-order valence-corrected chi connectivity index (χ0v) is 12.0. The monoisotopic (exact) mass is 308 g/mol. The van der Waals surface area contributed by atoms with Crippen molar-refractivity contribution in [3.05, 3.63) is 47.1 Å². The van der Waals surface area contributed by atoms with Crippen LogP contribution in [0.25, 0.3) is 0 Å². The van der Waals surface area contributed by atoms with Crippen molar-refractivity contribution < 1.29 is 14.7 Å². The summed E-state index contributed by atoms with van der Waals surface area (Å²) in [6.45, 7) is 0.227. The Hall–Kier alpha value is -1.86. The van der Waals surface area contributed by atoms with E-state index in [9.17, 15) is 9.59 Å². The fourth-order valence-corrected chi connectivity index (χ4v) is 3.04. The minimum absolute atomic E-state index is 0.106. The lowest BCUT2D eigenvalue weighted by atomic mass is 10.2. The average Bonchev–Trinajstić information content (AvgIpc) is 2.96. The molecule has 0 spiro atoms. The number of thioether (sulfide) groups is 1. The molecule has 0 saturated carbocycles. The summed E-state index contributed by atoms with van der Waals surface area (Å²) in [6.07, 6.45) is 1.42. The molecular weight excluding hydrogens is 296 g/mol. The van der Waals surface area contributed by atoms with E-state index < -0.39 is 5.97 Å². The van der Waals surface area contributed by atoms with E-state index in [0.29, 0.717) is 11.4 Å². The minimum atomic E-state index is -1.01. The Balaban J connectivity index is 1.81. The van der Waals surface area contributed by atoms with Crippen LogP contribution in [0.4, 0.5) is 0 Å². The van der Waals surface area contributed by atoms with Crippen LogP contribution in [0.1, 0.15) is 16.1 Å². The Morgan fingerprint density at radius 1 is 1.40 bits per heavy atom. The third kappa shape index (κ3) is 4.36. The van der Waals surface area contributed by atoms with E-state index >= 15 is 0 Å². The highest BCUT2D eigenvalue weighted by Crippen LogP contribution is 2.22. The van der Waals surface area contributed by atoms with Crippen LogP contribution in [-0.4, -0.2) is 27.7 Å². The fourth-order valence-electron chi connectivity index (χ4n) is 1.43. The summed E-state index contributed by atoms with van der Waals surface area (Å²) in [5, 5.41) is 13.5. The summed E-state index contributed by atoms with van der Waals surface area (Å²) in [5.74, 6) is -0.779. The van der Waals surface area contributed by atoms with Gasteiger partial charge in [-0.15, -0.1) is 23.1 Å². The molecular formula is C13H12N2O3S2. The highest BCUT2D eigenvalue weighted by molar-refractivity contribution is 8.01. The van der Waals surface area contributed by atoms with E-state index in [0.717, 1.165) is 4.21 Å². The molecule has 20 heavy (non-hydrogen) atoms. The number of amides is 1. The van der Waals surface area contributed by atoms with Crippen LogP contribution in [0.15, 0.2) is 40.1 Å². The Bertz CT molecular complexity index is 599. The van der Waals surface area contributed by atoms with Gasteiger partial charge in [-0.2, -0.15) is 0 Å². The second-order valence-electron chi connectivity index (χ2n) is 3.84. The van der Waals surface area contributed by atoms with Gasteiger partial charge in [0.05, 0.1) is 27.8 Å². The van der Waals surface area contributed by atoms with Crippen molar-refractivity contribution in [3.63, 3.8) is 0 Å². The summed E-state index contributed by atoms with van der Waals surface area (Å²) in [4.78, 5) is 26.5. The molecule has 2 rings (SSSR count). The number of carbonyl (C=O) groups is 2. The SMILES string of the molecule is O=C(CSc1cccs1)NCc1cc(C(=O)O)ccn1. The first-order chi connectivity index (χ1) is 9.65. The molecule has 2 N–H and O–H groups in total. The van der Waals surface area contributed by atoms with Crippen molar-refractivity contribution in [2.45, 2.75) is 10.8 Å². The molecule has 0 bridgehead atoms. The van der Waals surface area contributed by atoms with Crippen molar-refractivity contribution in [2.75, 3.05) is 5.75 Å². The molecule has 104 valence electrons. The number of hydrogen-bond acceptors (Lipinski definition) is 5. The first-order valence-corrected chi connectivity index (χ1v) is 7.63. The van der Waals surface area contributed by atoms with E-state index in [-0.39, 0.29) is 18.0 Å². The van der Waals surface area contributed by atoms with Crippen molar-refractivity contribution in [1.82, 2.24) is 10.3 Å². The van der Waals surface area contributed by atoms with E-state index in [2.05, 4.69) is 10.3 Å². The summed E-state index contributed by atoms with van der Waals surface area (Å²) in [5.41, 5.74) is 0.691. The second-order valence-corrected chi connectivity index (χ2v) is 6.06. The van der Waals surface area contributed by atoms with Gasteiger partial charge in [-0.25, -0.2) is 4.79 Å². The Morgan fingerprint density at radius 3 is 2.95 bits per heavy atom. The van der Waals surface area contributed by atoms with Crippen LogP contribution in [0.5, 0.6) is 0 Å². The zero-order chi connectivity index (χ0) is 14.4. The summed E-state index contributed by atoms with van der Waals surface area (Å²) >= 11 is 3.06. The first kappa shape index (κ1) is 14.5. The number of carboxylic acid groups (broad SMARTS) is 1. The number of aromatic carboxylic acids is 1. The van der Waals surface area contributed by atoms with Gasteiger partial charge in [0.15, 0.2) is 0 Å². The van der Waals surface area contributed by atoms with Gasteiger partial charge in [0.2, 0.25) is 5.91 Å². The van der Waals surface area contributed by atoms with Gasteiger partial charge >= 0.3 is 5.97 Å². The number of nitrogens with zero attached hydrogens (tertiary/aromatic N) is 1. The molecule has 2 heterocycles. The summed E-state index contributed by atoms with van der Waals surface area (Å²) < 4.78 is 1.09. The lowest BCUT2D eigenvalue weighted by molar-refractivity contribution is -0.118. The number of pyridine rings is 1. The molecule has 2 aromatic heterocycles. The van der Waals surface area contributed by atoms with E-state index in [1.54, 1.807) is 11.3 Å². The van der Waals surface area contributed by atoms with Gasteiger partial charge in [-0.3, -0.25) is 9.78 Å². The van der Waals surface area contributed by atoms with Gasteiger partial charge in [-0.1, -0.05) is 6.07 Å². The molecule has 0 aliphatic rings. The molecule has 0 aromatic carbocycles. The predicted octanol–water partition coefficient (Wildman–Crippen LogP) is 2.25. The lowest BCUT2D eigenvalue weighted by Gasteiger charge is -2.04. The van der Waals surface area contributed by atoms with Gasteiger partial charge in [0.1, 0.15) is 0 Å². The molecule has 0 radical (unpaired) electrons. The lowest BCUT2D eigenvalue weighted by Crippen LogP contribution is -2.25. The minimum Gasteiger partial charge on any atom is -0.478 e. The summed E-state index contributed by atoms with van der Waals surface area (Å²) in [7, 11) is 0. The molecule has 0 saturated heterocycles. The van der Waals surface area contributed by atoms with Crippen molar-refractivity contribution in [1.29, 1.82) is 0 Å². The van der Waals surface area contributed by atoms with Crippen LogP contribution < -0.4 is 5.32 Å². The molecule has 0 unspecified atom stereocenters. The third-order valence-corrected chi connectivity index (χ3v) is 4.50. The molecule has 7 heteroatoms. The van der Waals surface area contributed by atoms with Crippen LogP contribution in [0.3, 0.4) is 0 Å². The van der Waals surface area contributed by atoms with Crippen molar-refractivity contribution in [3.8, 4) is 0 Å². The number of nitrogens with one attached hydrogen (secondary N) is 1. The quantitative estimate of drug-likeness (QED) is 0.800. The molecule has 1 amide bonds. The largest absolute Gasteiger partial charge is 0.478 e. The van der Waals surface area contributed by atoms with Gasteiger partial charge in [0, 0.05) is 6.20 Å². The zero-order valence-electron chi connectivity index (χ0n) is 10.4. The summed E-state index contributed by atoms with van der Waals surface area (Å²) in [6, 6.07) is 6.77. The van der Waals surface area contributed by atoms with E-state index in [1.807, 2.05) is 17.5 Å². The number of thiophene rings is 1. The van der Waals surface area contributed by atoms with E-state index in [1.165, 1.54) is 30.1 Å². The van der Waals surface area contributed by atoms with Gasteiger partial charge in [-0.05, 0) is 23.6 Å². The number of carbonyl (C=O) groups excluding carboxylic acids is 1.